The first-order chi connectivity index (χ1) is 20.5. The summed E-state index contributed by atoms with van der Waals surface area (Å²) in [5.41, 5.74) is 2.30. The van der Waals surface area contributed by atoms with Crippen LogP contribution >= 0.6 is 0 Å². The molecular weight excluding hydrogens is 549 g/mol. The van der Waals surface area contributed by atoms with Crippen molar-refractivity contribution in [3.05, 3.63) is 71.5 Å². The third-order valence-electron chi connectivity index (χ3n) is 7.58. The van der Waals surface area contributed by atoms with E-state index in [1.165, 1.54) is 6.07 Å². The number of aromatic nitrogens is 4. The predicted molar refractivity (Wildman–Crippen MR) is 163 cm³/mol. The molecule has 0 saturated carbocycles. The molecule has 1 aliphatic rings. The van der Waals surface area contributed by atoms with Crippen molar-refractivity contribution in [1.29, 1.82) is 0 Å². The van der Waals surface area contributed by atoms with Crippen molar-refractivity contribution in [3.63, 3.8) is 0 Å². The van der Waals surface area contributed by atoms with Crippen LogP contribution in [0.1, 0.15) is 55.4 Å². The molecule has 11 heteroatoms. The van der Waals surface area contributed by atoms with E-state index in [4.69, 9.17) is 4.52 Å². The van der Waals surface area contributed by atoms with Crippen LogP contribution in [0.25, 0.3) is 22.2 Å². The average Bonchev–Trinajstić information content (AvgIpc) is 3.71. The lowest BCUT2D eigenvalue weighted by Gasteiger charge is -2.17. The van der Waals surface area contributed by atoms with Gasteiger partial charge in [0.25, 0.3) is 5.91 Å². The minimum Gasteiger partial charge on any atom is -0.360 e. The molecule has 0 radical (unpaired) electrons. The van der Waals surface area contributed by atoms with E-state index in [9.17, 15) is 9.59 Å². The third kappa shape index (κ3) is 6.99. The van der Waals surface area contributed by atoms with Gasteiger partial charge in [0.1, 0.15) is 11.6 Å². The van der Waals surface area contributed by atoms with Crippen LogP contribution in [0.3, 0.4) is 0 Å². The van der Waals surface area contributed by atoms with Crippen molar-refractivity contribution in [1.82, 2.24) is 30.6 Å². The van der Waals surface area contributed by atoms with Gasteiger partial charge in [0.05, 0.1) is 5.39 Å². The van der Waals surface area contributed by atoms with Crippen molar-refractivity contribution < 1.29 is 18.5 Å². The maximum Gasteiger partial charge on any atom is 0.273 e. The Bertz CT molecular complexity index is 1650. The summed E-state index contributed by atoms with van der Waals surface area (Å²) < 4.78 is 20.6. The van der Waals surface area contributed by atoms with Gasteiger partial charge in [-0.3, -0.25) is 14.7 Å². The molecule has 4 heterocycles. The molecule has 1 atom stereocenters. The average molecular weight is 588 g/mol. The van der Waals surface area contributed by atoms with E-state index < -0.39 is 11.7 Å². The fraction of sp³-hybridized carbons (Fsp3) is 0.406. The summed E-state index contributed by atoms with van der Waals surface area (Å²) in [6, 6.07) is 8.42. The Labute approximate surface area is 250 Å². The van der Waals surface area contributed by atoms with Gasteiger partial charge in [0.15, 0.2) is 22.9 Å². The van der Waals surface area contributed by atoms with Gasteiger partial charge in [-0.25, -0.2) is 9.37 Å². The summed E-state index contributed by atoms with van der Waals surface area (Å²) in [4.78, 5) is 33.7. The second-order valence-corrected chi connectivity index (χ2v) is 12.4. The highest BCUT2D eigenvalue weighted by molar-refractivity contribution is 6.01. The molecule has 226 valence electrons. The lowest BCUT2D eigenvalue weighted by molar-refractivity contribution is -0.115. The first-order valence-corrected chi connectivity index (χ1v) is 14.5. The second-order valence-electron chi connectivity index (χ2n) is 12.4. The molecule has 1 saturated heterocycles. The molecule has 0 bridgehead atoms. The molecule has 10 nitrogen and oxygen atoms in total. The number of nitrogens with zero attached hydrogens (tertiary/aromatic N) is 5. The van der Waals surface area contributed by atoms with Gasteiger partial charge in [-0.15, -0.1) is 0 Å². The Balaban J connectivity index is 1.29. The summed E-state index contributed by atoms with van der Waals surface area (Å²) in [6.45, 7) is 8.10. The number of H-pyrrole nitrogens is 1. The van der Waals surface area contributed by atoms with Gasteiger partial charge in [-0.1, -0.05) is 44.1 Å². The molecule has 0 spiro atoms. The molecule has 3 aromatic heterocycles. The number of nitrogens with one attached hydrogen (secondary N) is 2. The van der Waals surface area contributed by atoms with Gasteiger partial charge >= 0.3 is 0 Å². The Hall–Kier alpha value is -4.38. The maximum absolute atomic E-state index is 15.3. The number of fused-ring (bicyclic) bond motifs is 1. The van der Waals surface area contributed by atoms with E-state index in [0.717, 1.165) is 36.3 Å². The summed E-state index contributed by atoms with van der Waals surface area (Å²) in [7, 11) is 3.93. The van der Waals surface area contributed by atoms with Gasteiger partial charge in [0.2, 0.25) is 0 Å². The van der Waals surface area contributed by atoms with Gasteiger partial charge in [-0.05, 0) is 55.8 Å². The minimum absolute atomic E-state index is 0.00357. The molecule has 1 aromatic carbocycles. The zero-order valence-corrected chi connectivity index (χ0v) is 25.3. The minimum atomic E-state index is -0.439. The van der Waals surface area contributed by atoms with Crippen molar-refractivity contribution in [2.45, 2.75) is 45.6 Å². The zero-order valence-electron chi connectivity index (χ0n) is 25.3. The van der Waals surface area contributed by atoms with Crippen LogP contribution in [0, 0.1) is 11.7 Å². The number of likely N-dealkylation sites (N-methyl/N-ethyl adjacent to an activating group) is 1. The molecule has 5 rings (SSSR count). The number of ketones is 1. The quantitative estimate of drug-likeness (QED) is 0.252. The van der Waals surface area contributed by atoms with Crippen LogP contribution in [0.4, 0.5) is 10.2 Å². The van der Waals surface area contributed by atoms with E-state index in [0.29, 0.717) is 35.5 Å². The number of rotatable bonds is 10. The van der Waals surface area contributed by atoms with E-state index in [2.05, 4.69) is 30.6 Å². The lowest BCUT2D eigenvalue weighted by Crippen LogP contribution is -2.23. The predicted octanol–water partition coefficient (Wildman–Crippen LogP) is 4.88. The molecule has 1 fully saturated rings. The monoisotopic (exact) mass is 587 g/mol. The van der Waals surface area contributed by atoms with Gasteiger partial charge in [-0.2, -0.15) is 5.10 Å². The van der Waals surface area contributed by atoms with Crippen LogP contribution in [0.15, 0.2) is 53.2 Å². The zero-order chi connectivity index (χ0) is 30.7. The highest BCUT2D eigenvalue weighted by Crippen LogP contribution is 2.36. The fourth-order valence-electron chi connectivity index (χ4n) is 5.20. The molecule has 4 aromatic rings. The number of hydrogen-bond acceptors (Lipinski definition) is 8. The lowest BCUT2D eigenvalue weighted by atomic mass is 9.93. The topological polar surface area (TPSA) is 120 Å². The summed E-state index contributed by atoms with van der Waals surface area (Å²) in [5.74, 6) is 0.830. The Morgan fingerprint density at radius 1 is 1.23 bits per heavy atom. The van der Waals surface area contributed by atoms with E-state index in [1.54, 1.807) is 24.4 Å². The standard InChI is InChI=1S/C32H38FN7O3/c1-32(2,3)27-17-26(38-43-27)31(42)35-18-22-9-8-21(16-25(22)33)24-10-12-34-29-28(24)30(37-36-29)40-14-11-20(19-40)15-23(41)7-6-13-39(4)5/h6-10,12,16-17,20H,11,13-15,18-19H2,1-5H3,(H,35,42)(H,34,36,37)/b7-6+/t20-/m0/s1. The Morgan fingerprint density at radius 2 is 2.05 bits per heavy atom. The molecule has 1 aliphatic heterocycles. The molecule has 43 heavy (non-hydrogen) atoms. The van der Waals surface area contributed by atoms with Crippen molar-refractivity contribution >= 4 is 28.5 Å². The molecule has 0 unspecified atom stereocenters. The highest BCUT2D eigenvalue weighted by Gasteiger charge is 2.28. The molecule has 0 aliphatic carbocycles. The Kier molecular flexibility index (Phi) is 8.72. The van der Waals surface area contributed by atoms with Crippen LogP contribution in [0.2, 0.25) is 0 Å². The highest BCUT2D eigenvalue weighted by atomic mass is 19.1. The number of amides is 1. The number of anilines is 1. The third-order valence-corrected chi connectivity index (χ3v) is 7.58. The number of halogens is 1. The van der Waals surface area contributed by atoms with E-state index >= 15 is 4.39 Å². The smallest absolute Gasteiger partial charge is 0.273 e. The number of benzene rings is 1. The van der Waals surface area contributed by atoms with Gasteiger partial charge in [0, 0.05) is 55.8 Å². The van der Waals surface area contributed by atoms with Crippen LogP contribution in [0.5, 0.6) is 0 Å². The van der Waals surface area contributed by atoms with Crippen LogP contribution in [-0.2, 0) is 16.8 Å². The van der Waals surface area contributed by atoms with Crippen molar-refractivity contribution in [3.8, 4) is 11.1 Å². The number of pyridine rings is 1. The molecular formula is C32H38FN7O3. The second kappa shape index (κ2) is 12.5. The fourth-order valence-corrected chi connectivity index (χ4v) is 5.20. The van der Waals surface area contributed by atoms with Crippen LogP contribution in [-0.4, -0.2) is 70.7 Å². The normalized spacial score (nSPS) is 15.7. The SMILES string of the molecule is CN(C)C/C=C/C(=O)C[C@@H]1CCN(c2n[nH]c3nccc(-c4ccc(CNC(=O)c5cc(C(C)(C)C)on5)c(F)c4)c23)C1. The van der Waals surface area contributed by atoms with Crippen molar-refractivity contribution in [2.24, 2.45) is 5.92 Å². The molecule has 2 N–H and O–H groups in total. The number of hydrogen-bond donors (Lipinski definition) is 2. The summed E-state index contributed by atoms with van der Waals surface area (Å²) in [5, 5.41) is 15.0. The number of carbonyl (C=O) groups excluding carboxylic acids is 2. The molecule has 1 amide bonds. The first kappa shape index (κ1) is 30.1. The largest absolute Gasteiger partial charge is 0.360 e. The summed E-state index contributed by atoms with van der Waals surface area (Å²) in [6.07, 6.45) is 6.62. The van der Waals surface area contributed by atoms with Crippen molar-refractivity contribution in [2.75, 3.05) is 38.6 Å². The number of carbonyl (C=O) groups is 2. The first-order valence-electron chi connectivity index (χ1n) is 14.5. The maximum atomic E-state index is 15.3. The number of allylic oxidation sites excluding steroid dienone is 1. The van der Waals surface area contributed by atoms with Crippen LogP contribution < -0.4 is 10.2 Å². The number of aromatic amines is 1. The van der Waals surface area contributed by atoms with Gasteiger partial charge < -0.3 is 19.6 Å². The van der Waals surface area contributed by atoms with E-state index in [-0.39, 0.29) is 29.4 Å². The van der Waals surface area contributed by atoms with E-state index in [1.807, 2.05) is 58.0 Å². The Morgan fingerprint density at radius 3 is 2.77 bits per heavy atom. The summed E-state index contributed by atoms with van der Waals surface area (Å²) >= 11 is 0.